The number of nitrogens with one attached hydrogen (secondary N) is 2. The van der Waals surface area contributed by atoms with Crippen molar-refractivity contribution in [1.29, 1.82) is 0 Å². The Morgan fingerprint density at radius 2 is 1.76 bits per heavy atom. The first-order valence-corrected chi connectivity index (χ1v) is 6.54. The zero-order valence-corrected chi connectivity index (χ0v) is 12.1. The summed E-state index contributed by atoms with van der Waals surface area (Å²) in [6.45, 7) is 0. The molecule has 0 atom stereocenters. The Kier molecular flexibility index (Phi) is 4.49. The van der Waals surface area contributed by atoms with Crippen molar-refractivity contribution < 1.29 is 14.0 Å². The van der Waals surface area contributed by atoms with Crippen LogP contribution in [0.2, 0.25) is 0 Å². The molecular weight excluding hydrogens is 343 g/mol. The van der Waals surface area contributed by atoms with Gasteiger partial charge in [0.15, 0.2) is 0 Å². The van der Waals surface area contributed by atoms with Crippen molar-refractivity contribution >= 4 is 33.6 Å². The van der Waals surface area contributed by atoms with Gasteiger partial charge in [0.25, 0.3) is 11.8 Å². The fraction of sp³-hybridized carbons (Fsp3) is 0. The molecule has 0 aliphatic heterocycles. The highest BCUT2D eigenvalue weighted by Gasteiger charge is 2.13. The molecule has 0 saturated carbocycles. The maximum Gasteiger partial charge on any atom is 0.273 e. The molecule has 1 aromatic carbocycles. The molecule has 0 fully saturated rings. The number of benzene rings is 1. The van der Waals surface area contributed by atoms with Gasteiger partial charge in [-0.1, -0.05) is 0 Å². The van der Waals surface area contributed by atoms with E-state index in [-0.39, 0.29) is 16.9 Å². The quantitative estimate of drug-likeness (QED) is 0.715. The molecule has 0 spiro atoms. The van der Waals surface area contributed by atoms with E-state index >= 15 is 0 Å². The molecule has 0 aliphatic rings. The lowest BCUT2D eigenvalue weighted by atomic mass is 10.2. The van der Waals surface area contributed by atoms with Gasteiger partial charge >= 0.3 is 0 Å². The summed E-state index contributed by atoms with van der Waals surface area (Å²) in [5, 5.41) is 0. The van der Waals surface area contributed by atoms with Crippen molar-refractivity contribution in [2.24, 2.45) is 0 Å². The van der Waals surface area contributed by atoms with Crippen molar-refractivity contribution in [1.82, 2.24) is 15.8 Å². The largest absolute Gasteiger partial charge is 0.383 e. The molecule has 4 N–H and O–H groups in total. The molecule has 8 heteroatoms. The molecule has 1 heterocycles. The van der Waals surface area contributed by atoms with Gasteiger partial charge in [-0.3, -0.25) is 20.4 Å². The van der Waals surface area contributed by atoms with Crippen LogP contribution in [0, 0.1) is 5.82 Å². The topological polar surface area (TPSA) is 97.1 Å². The third-order valence-corrected chi connectivity index (χ3v) is 2.96. The number of hydrazine groups is 1. The normalized spacial score (nSPS) is 10.0. The zero-order chi connectivity index (χ0) is 15.4. The second kappa shape index (κ2) is 6.31. The van der Waals surface area contributed by atoms with Crippen LogP contribution in [0.5, 0.6) is 0 Å². The number of rotatable bonds is 2. The molecule has 0 aliphatic carbocycles. The summed E-state index contributed by atoms with van der Waals surface area (Å²) in [4.78, 5) is 27.4. The highest BCUT2D eigenvalue weighted by Crippen LogP contribution is 2.15. The monoisotopic (exact) mass is 352 g/mol. The van der Waals surface area contributed by atoms with E-state index in [0.717, 1.165) is 12.1 Å². The predicted octanol–water partition coefficient (Wildman–Crippen LogP) is 1.64. The number of anilines is 1. The summed E-state index contributed by atoms with van der Waals surface area (Å²) in [6, 6.07) is 6.36. The highest BCUT2D eigenvalue weighted by atomic mass is 79.9. The number of nitrogens with two attached hydrogens (primary N) is 1. The van der Waals surface area contributed by atoms with Gasteiger partial charge in [0, 0.05) is 16.2 Å². The molecule has 2 aromatic rings. The molecule has 0 bridgehead atoms. The van der Waals surface area contributed by atoms with Crippen LogP contribution < -0.4 is 16.6 Å². The second-order valence-corrected chi connectivity index (χ2v) is 4.92. The fourth-order valence-corrected chi connectivity index (χ4v) is 1.82. The van der Waals surface area contributed by atoms with Crippen LogP contribution >= 0.6 is 15.9 Å². The van der Waals surface area contributed by atoms with Crippen LogP contribution in [-0.4, -0.2) is 16.8 Å². The first-order valence-electron chi connectivity index (χ1n) is 5.74. The van der Waals surface area contributed by atoms with Crippen molar-refractivity contribution in [2.75, 3.05) is 5.73 Å². The van der Waals surface area contributed by atoms with E-state index in [9.17, 15) is 14.0 Å². The van der Waals surface area contributed by atoms with Gasteiger partial charge < -0.3 is 5.73 Å². The van der Waals surface area contributed by atoms with Gasteiger partial charge in [-0.15, -0.1) is 0 Å². The van der Waals surface area contributed by atoms with E-state index in [1.807, 2.05) is 0 Å². The number of amides is 2. The number of carbonyl (C=O) groups excluding carboxylic acids is 2. The summed E-state index contributed by atoms with van der Waals surface area (Å²) >= 11 is 3.17. The van der Waals surface area contributed by atoms with E-state index in [4.69, 9.17) is 5.73 Å². The second-order valence-electron chi connectivity index (χ2n) is 4.00. The average molecular weight is 353 g/mol. The van der Waals surface area contributed by atoms with E-state index in [0.29, 0.717) is 4.47 Å². The molecule has 0 unspecified atom stereocenters. The predicted molar refractivity (Wildman–Crippen MR) is 77.7 cm³/mol. The molecule has 2 rings (SSSR count). The lowest BCUT2D eigenvalue weighted by Crippen LogP contribution is -2.41. The van der Waals surface area contributed by atoms with Gasteiger partial charge in [-0.2, -0.15) is 0 Å². The molecule has 21 heavy (non-hydrogen) atoms. The van der Waals surface area contributed by atoms with Gasteiger partial charge in [0.2, 0.25) is 0 Å². The maximum absolute atomic E-state index is 12.7. The van der Waals surface area contributed by atoms with Crippen LogP contribution in [0.25, 0.3) is 0 Å². The summed E-state index contributed by atoms with van der Waals surface area (Å²) in [6.07, 6.45) is 1.45. The van der Waals surface area contributed by atoms with E-state index in [2.05, 4.69) is 31.8 Å². The number of halogens is 2. The maximum atomic E-state index is 12.7. The highest BCUT2D eigenvalue weighted by molar-refractivity contribution is 9.10. The first-order chi connectivity index (χ1) is 9.97. The number of carbonyl (C=O) groups is 2. The Labute approximate surface area is 127 Å². The number of pyridine rings is 1. The fourth-order valence-electron chi connectivity index (χ4n) is 1.49. The van der Waals surface area contributed by atoms with Crippen LogP contribution in [0.3, 0.4) is 0 Å². The van der Waals surface area contributed by atoms with Gasteiger partial charge in [0.1, 0.15) is 11.6 Å². The summed E-state index contributed by atoms with van der Waals surface area (Å²) in [5.41, 5.74) is 10.3. The van der Waals surface area contributed by atoms with Crippen molar-refractivity contribution in [3.63, 3.8) is 0 Å². The molecular formula is C13H10BrFN4O2. The number of nitrogens with zero attached hydrogens (tertiary/aromatic N) is 1. The Balaban J connectivity index is 2.02. The third-order valence-electron chi connectivity index (χ3n) is 2.53. The molecule has 1 aromatic heterocycles. The summed E-state index contributed by atoms with van der Waals surface area (Å²) in [7, 11) is 0. The number of aromatic nitrogens is 1. The van der Waals surface area contributed by atoms with Gasteiger partial charge in [-0.05, 0) is 46.3 Å². The first kappa shape index (κ1) is 14.9. The molecule has 0 radical (unpaired) electrons. The van der Waals surface area contributed by atoms with E-state index < -0.39 is 17.6 Å². The van der Waals surface area contributed by atoms with Crippen molar-refractivity contribution in [2.45, 2.75) is 0 Å². The number of hydrogen-bond acceptors (Lipinski definition) is 4. The van der Waals surface area contributed by atoms with Crippen molar-refractivity contribution in [3.05, 3.63) is 57.9 Å². The average Bonchev–Trinajstić information content (AvgIpc) is 2.47. The zero-order valence-electron chi connectivity index (χ0n) is 10.6. The lowest BCUT2D eigenvalue weighted by molar-refractivity contribution is 0.0847. The Bertz CT molecular complexity index is 691. The molecule has 6 nitrogen and oxygen atoms in total. The molecule has 0 saturated heterocycles. The van der Waals surface area contributed by atoms with E-state index in [1.54, 1.807) is 0 Å². The summed E-state index contributed by atoms with van der Waals surface area (Å²) in [5.74, 6) is -1.61. The standard InChI is InChI=1S/C13H10BrFN4O2/c14-8-5-10(11(16)17-6-8)13(21)19-18-12(20)7-1-3-9(15)4-2-7/h1-6H,(H2,16,17)(H,18,20)(H,19,21). The summed E-state index contributed by atoms with van der Waals surface area (Å²) < 4.78 is 13.3. The van der Waals surface area contributed by atoms with Crippen LogP contribution in [0.4, 0.5) is 10.2 Å². The number of hydrogen-bond donors (Lipinski definition) is 3. The Morgan fingerprint density at radius 1 is 1.14 bits per heavy atom. The molecule has 108 valence electrons. The lowest BCUT2D eigenvalue weighted by Gasteiger charge is -2.09. The van der Waals surface area contributed by atoms with Gasteiger partial charge in [0.05, 0.1) is 5.56 Å². The van der Waals surface area contributed by atoms with Crippen LogP contribution in [-0.2, 0) is 0 Å². The van der Waals surface area contributed by atoms with Gasteiger partial charge in [-0.25, -0.2) is 9.37 Å². The number of nitrogen functional groups attached to an aromatic ring is 1. The minimum absolute atomic E-state index is 0.0340. The smallest absolute Gasteiger partial charge is 0.273 e. The third kappa shape index (κ3) is 3.76. The van der Waals surface area contributed by atoms with Crippen molar-refractivity contribution in [3.8, 4) is 0 Å². The van der Waals surface area contributed by atoms with Crippen LogP contribution in [0.1, 0.15) is 20.7 Å². The van der Waals surface area contributed by atoms with E-state index in [1.165, 1.54) is 24.4 Å². The minimum atomic E-state index is -0.614. The Morgan fingerprint density at radius 3 is 2.43 bits per heavy atom. The Hall–Kier alpha value is -2.48. The minimum Gasteiger partial charge on any atom is -0.383 e. The van der Waals surface area contributed by atoms with Crippen LogP contribution in [0.15, 0.2) is 41.0 Å². The SMILES string of the molecule is Nc1ncc(Br)cc1C(=O)NNC(=O)c1ccc(F)cc1. The molecule has 2 amide bonds.